The SMILES string of the molecule is CCCC[C@@H](C(=O)C(=O)NC(C)c1ccccc1)N(C(=O)O)C1CC(C)(C)CN1C(=O)c1cc2ccccc2s1. The monoisotopic (exact) mass is 563 g/mol. The number of fused-ring (bicyclic) bond motifs is 1. The lowest BCUT2D eigenvalue weighted by molar-refractivity contribution is -0.142. The minimum Gasteiger partial charge on any atom is -0.465 e. The highest BCUT2D eigenvalue weighted by atomic mass is 32.1. The van der Waals surface area contributed by atoms with Gasteiger partial charge in [-0.2, -0.15) is 0 Å². The first-order valence-electron chi connectivity index (χ1n) is 13.7. The van der Waals surface area contributed by atoms with E-state index >= 15 is 0 Å². The van der Waals surface area contributed by atoms with Crippen molar-refractivity contribution in [2.24, 2.45) is 5.41 Å². The van der Waals surface area contributed by atoms with E-state index in [-0.39, 0.29) is 17.7 Å². The number of likely N-dealkylation sites (tertiary alicyclic amines) is 1. The third-order valence-electron chi connectivity index (χ3n) is 7.47. The number of carbonyl (C=O) groups excluding carboxylic acids is 3. The van der Waals surface area contributed by atoms with Crippen molar-refractivity contribution in [2.75, 3.05) is 6.54 Å². The summed E-state index contributed by atoms with van der Waals surface area (Å²) in [4.78, 5) is 56.6. The number of ketones is 1. The maximum Gasteiger partial charge on any atom is 0.409 e. The van der Waals surface area contributed by atoms with Crippen molar-refractivity contribution in [3.8, 4) is 0 Å². The molecular formula is C31H37N3O5S. The zero-order valence-electron chi connectivity index (χ0n) is 23.4. The van der Waals surface area contributed by atoms with Gasteiger partial charge < -0.3 is 15.3 Å². The highest BCUT2D eigenvalue weighted by molar-refractivity contribution is 7.20. The number of thiophene rings is 1. The molecule has 9 heteroatoms. The molecule has 40 heavy (non-hydrogen) atoms. The van der Waals surface area contributed by atoms with Crippen LogP contribution in [0.25, 0.3) is 10.1 Å². The van der Waals surface area contributed by atoms with Crippen molar-refractivity contribution in [2.45, 2.75) is 71.6 Å². The Labute approximate surface area is 239 Å². The summed E-state index contributed by atoms with van der Waals surface area (Å²) < 4.78 is 0.969. The van der Waals surface area contributed by atoms with Crippen LogP contribution in [0.1, 0.15) is 74.7 Å². The topological polar surface area (TPSA) is 107 Å². The van der Waals surface area contributed by atoms with Crippen molar-refractivity contribution in [3.63, 3.8) is 0 Å². The molecule has 0 spiro atoms. The first-order chi connectivity index (χ1) is 19.0. The molecule has 4 rings (SSSR count). The van der Waals surface area contributed by atoms with Crippen molar-refractivity contribution >= 4 is 45.1 Å². The zero-order chi connectivity index (χ0) is 29.0. The van der Waals surface area contributed by atoms with Crippen LogP contribution >= 0.6 is 11.3 Å². The number of carboxylic acid groups (broad SMARTS) is 1. The fraction of sp³-hybridized carbons (Fsp3) is 0.419. The molecule has 0 bridgehead atoms. The molecule has 0 saturated carbocycles. The van der Waals surface area contributed by atoms with E-state index < -0.39 is 36.0 Å². The zero-order valence-corrected chi connectivity index (χ0v) is 24.2. The minimum atomic E-state index is -1.32. The number of amides is 3. The molecule has 3 amide bonds. The number of Topliss-reactive ketones (excluding diaryl/α,β-unsaturated/α-hetero) is 1. The van der Waals surface area contributed by atoms with Crippen LogP contribution in [0.2, 0.25) is 0 Å². The van der Waals surface area contributed by atoms with Crippen LogP contribution in [-0.4, -0.2) is 57.3 Å². The van der Waals surface area contributed by atoms with Gasteiger partial charge in [-0.1, -0.05) is 82.1 Å². The highest BCUT2D eigenvalue weighted by Crippen LogP contribution is 2.39. The molecule has 0 aliphatic carbocycles. The number of hydrogen-bond donors (Lipinski definition) is 2. The number of carbonyl (C=O) groups is 4. The van der Waals surface area contributed by atoms with Gasteiger partial charge in [-0.25, -0.2) is 4.79 Å². The molecule has 212 valence electrons. The van der Waals surface area contributed by atoms with E-state index in [0.29, 0.717) is 24.3 Å². The second kappa shape index (κ2) is 12.2. The number of rotatable bonds is 10. The van der Waals surface area contributed by atoms with E-state index in [1.807, 2.05) is 81.4 Å². The molecule has 3 aromatic rings. The van der Waals surface area contributed by atoms with Crippen LogP contribution in [-0.2, 0) is 9.59 Å². The Morgan fingerprint density at radius 2 is 1.77 bits per heavy atom. The molecule has 0 radical (unpaired) electrons. The predicted molar refractivity (Wildman–Crippen MR) is 156 cm³/mol. The lowest BCUT2D eigenvalue weighted by atomic mass is 9.91. The maximum atomic E-state index is 13.8. The average Bonchev–Trinajstić information content (AvgIpc) is 3.50. The molecule has 1 aliphatic heterocycles. The fourth-order valence-electron chi connectivity index (χ4n) is 5.43. The summed E-state index contributed by atoms with van der Waals surface area (Å²) in [5.41, 5.74) is 0.453. The molecule has 1 saturated heterocycles. The Morgan fingerprint density at radius 3 is 2.42 bits per heavy atom. The Morgan fingerprint density at radius 1 is 1.10 bits per heavy atom. The highest BCUT2D eigenvalue weighted by Gasteiger charge is 2.48. The summed E-state index contributed by atoms with van der Waals surface area (Å²) in [6.45, 7) is 8.02. The van der Waals surface area contributed by atoms with Gasteiger partial charge >= 0.3 is 6.09 Å². The second-order valence-corrected chi connectivity index (χ2v) is 12.3. The van der Waals surface area contributed by atoms with E-state index in [9.17, 15) is 24.3 Å². The summed E-state index contributed by atoms with van der Waals surface area (Å²) in [6.07, 6.45) is -0.377. The van der Waals surface area contributed by atoms with E-state index in [0.717, 1.165) is 27.0 Å². The summed E-state index contributed by atoms with van der Waals surface area (Å²) in [6, 6.07) is 17.2. The molecule has 2 unspecified atom stereocenters. The van der Waals surface area contributed by atoms with E-state index in [2.05, 4.69) is 5.32 Å². The van der Waals surface area contributed by atoms with Crippen molar-refractivity contribution in [3.05, 3.63) is 71.1 Å². The second-order valence-electron chi connectivity index (χ2n) is 11.2. The van der Waals surface area contributed by atoms with E-state index in [4.69, 9.17) is 0 Å². The van der Waals surface area contributed by atoms with Gasteiger partial charge in [0, 0.05) is 11.2 Å². The Hall–Kier alpha value is -3.72. The van der Waals surface area contributed by atoms with Crippen molar-refractivity contribution in [1.82, 2.24) is 15.1 Å². The first kappa shape index (κ1) is 29.3. The number of benzene rings is 2. The van der Waals surface area contributed by atoms with Gasteiger partial charge in [-0.05, 0) is 48.3 Å². The molecule has 8 nitrogen and oxygen atoms in total. The van der Waals surface area contributed by atoms with Crippen LogP contribution in [0.15, 0.2) is 60.7 Å². The van der Waals surface area contributed by atoms with Gasteiger partial charge in [0.25, 0.3) is 11.8 Å². The number of nitrogens with one attached hydrogen (secondary N) is 1. The first-order valence-corrected chi connectivity index (χ1v) is 14.5. The quantitative estimate of drug-likeness (QED) is 0.291. The van der Waals surface area contributed by atoms with Crippen LogP contribution in [0.5, 0.6) is 0 Å². The predicted octanol–water partition coefficient (Wildman–Crippen LogP) is 6.08. The van der Waals surface area contributed by atoms with Gasteiger partial charge in [-0.3, -0.25) is 19.3 Å². The van der Waals surface area contributed by atoms with Gasteiger partial charge in [0.15, 0.2) is 0 Å². The lowest BCUT2D eigenvalue weighted by Gasteiger charge is -2.37. The number of unbranched alkanes of at least 4 members (excludes halogenated alkanes) is 1. The van der Waals surface area contributed by atoms with Crippen LogP contribution in [0.4, 0.5) is 4.79 Å². The summed E-state index contributed by atoms with van der Waals surface area (Å²) >= 11 is 1.36. The van der Waals surface area contributed by atoms with Crippen LogP contribution in [0, 0.1) is 5.41 Å². The summed E-state index contributed by atoms with van der Waals surface area (Å²) in [7, 11) is 0. The standard InChI is InChI=1S/C31H37N3O5S/c1-5-6-15-23(27(35)28(36)32-20(2)21-12-8-7-9-13-21)34(30(38)39)26-18-31(3,4)19-33(26)29(37)25-17-22-14-10-11-16-24(22)40-25/h7-14,16-17,20,23,26H,5-6,15,18-19H2,1-4H3,(H,32,36)(H,38,39)/t20?,23-,26?/m0/s1. The third kappa shape index (κ3) is 6.36. The summed E-state index contributed by atoms with van der Waals surface area (Å²) in [5, 5.41) is 14.1. The smallest absolute Gasteiger partial charge is 0.409 e. The van der Waals surface area contributed by atoms with Gasteiger partial charge in [0.1, 0.15) is 12.2 Å². The molecule has 1 aromatic heterocycles. The van der Waals surface area contributed by atoms with E-state index in [1.54, 1.807) is 11.8 Å². The third-order valence-corrected chi connectivity index (χ3v) is 8.58. The molecule has 1 aliphatic rings. The number of nitrogens with zero attached hydrogens (tertiary/aromatic N) is 2. The Bertz CT molecular complexity index is 1350. The largest absolute Gasteiger partial charge is 0.465 e. The van der Waals surface area contributed by atoms with Crippen molar-refractivity contribution in [1.29, 1.82) is 0 Å². The van der Waals surface area contributed by atoms with Crippen molar-refractivity contribution < 1.29 is 24.3 Å². The van der Waals surface area contributed by atoms with Crippen LogP contribution in [0.3, 0.4) is 0 Å². The molecule has 2 aromatic carbocycles. The molecule has 2 heterocycles. The molecule has 2 N–H and O–H groups in total. The van der Waals surface area contributed by atoms with Gasteiger partial charge in [-0.15, -0.1) is 11.3 Å². The Kier molecular flexibility index (Phi) is 8.93. The molecule has 3 atom stereocenters. The maximum absolute atomic E-state index is 13.8. The molecule has 1 fully saturated rings. The van der Waals surface area contributed by atoms with Crippen LogP contribution < -0.4 is 5.32 Å². The molecular weight excluding hydrogens is 526 g/mol. The normalized spacial score (nSPS) is 17.8. The van der Waals surface area contributed by atoms with Gasteiger partial charge in [0.2, 0.25) is 5.78 Å². The minimum absolute atomic E-state index is 0.191. The summed E-state index contributed by atoms with van der Waals surface area (Å²) in [5.74, 6) is -1.91. The lowest BCUT2D eigenvalue weighted by Crippen LogP contribution is -2.58. The average molecular weight is 564 g/mol. The Balaban J connectivity index is 1.64. The number of hydrogen-bond acceptors (Lipinski definition) is 5. The van der Waals surface area contributed by atoms with Gasteiger partial charge in [0.05, 0.1) is 10.9 Å². The van der Waals surface area contributed by atoms with E-state index in [1.165, 1.54) is 11.3 Å². The fourth-order valence-corrected chi connectivity index (χ4v) is 6.45.